The quantitative estimate of drug-likeness (QED) is 0.774. The van der Waals surface area contributed by atoms with Gasteiger partial charge in [0.1, 0.15) is 17.6 Å². The van der Waals surface area contributed by atoms with Crippen molar-refractivity contribution in [2.75, 3.05) is 31.3 Å². The minimum atomic E-state index is -0.114. The lowest BCUT2D eigenvalue weighted by Crippen LogP contribution is -2.23. The molecule has 2 aromatic rings. The van der Waals surface area contributed by atoms with E-state index in [0.29, 0.717) is 29.5 Å². The molecule has 0 bridgehead atoms. The van der Waals surface area contributed by atoms with Gasteiger partial charge in [-0.3, -0.25) is 4.57 Å². The first-order valence-electron chi connectivity index (χ1n) is 7.21. The van der Waals surface area contributed by atoms with Gasteiger partial charge in [-0.1, -0.05) is 15.9 Å². The Morgan fingerprint density at radius 3 is 3.14 bits per heavy atom. The van der Waals surface area contributed by atoms with Crippen LogP contribution in [0.3, 0.4) is 0 Å². The Hall–Kier alpha value is -1.45. The molecule has 3 heterocycles. The van der Waals surface area contributed by atoms with Gasteiger partial charge in [0.25, 0.3) is 0 Å². The van der Waals surface area contributed by atoms with Gasteiger partial charge in [-0.25, -0.2) is 15.0 Å². The fraction of sp³-hybridized carbons (Fsp3) is 0.615. The van der Waals surface area contributed by atoms with E-state index in [9.17, 15) is 0 Å². The summed E-state index contributed by atoms with van der Waals surface area (Å²) in [6.45, 7) is 1.30. The minimum Gasteiger partial charge on any atom is -0.382 e. The number of nitrogens with zero attached hydrogens (tertiary/aromatic N) is 4. The van der Waals surface area contributed by atoms with Crippen LogP contribution >= 0.6 is 15.9 Å². The van der Waals surface area contributed by atoms with Crippen molar-refractivity contribution in [3.63, 3.8) is 0 Å². The number of methoxy groups -OCH3 is 1. The summed E-state index contributed by atoms with van der Waals surface area (Å²) in [6, 6.07) is 0. The van der Waals surface area contributed by atoms with Crippen molar-refractivity contribution in [3.8, 4) is 0 Å². The zero-order valence-electron chi connectivity index (χ0n) is 12.3. The molecule has 22 heavy (non-hydrogen) atoms. The first-order chi connectivity index (χ1) is 10.7. The van der Waals surface area contributed by atoms with Crippen LogP contribution in [0.25, 0.3) is 11.2 Å². The molecule has 1 fully saturated rings. The number of hydrogen-bond donors (Lipinski definition) is 2. The third-order valence-electron chi connectivity index (χ3n) is 3.63. The van der Waals surface area contributed by atoms with E-state index in [1.54, 1.807) is 7.11 Å². The standard InChI is InChI=1S/C13H19BrN6O2/c1-21-8(14)6-16-13-19-10-11(15)17-7-18-12(10)20(13)9-4-2-3-5-22-9/h7-9H,2-6H2,1H3,(H,16,19)(H2,15,17,18). The van der Waals surface area contributed by atoms with E-state index in [-0.39, 0.29) is 11.2 Å². The maximum atomic E-state index is 5.92. The molecule has 2 unspecified atom stereocenters. The van der Waals surface area contributed by atoms with Crippen LogP contribution in [0.1, 0.15) is 25.5 Å². The Morgan fingerprint density at radius 1 is 1.55 bits per heavy atom. The average Bonchev–Trinajstić information content (AvgIpc) is 2.93. The number of imidazole rings is 1. The molecule has 3 rings (SSSR count). The summed E-state index contributed by atoms with van der Waals surface area (Å²) in [4.78, 5) is 12.9. The van der Waals surface area contributed by atoms with Gasteiger partial charge in [0.15, 0.2) is 17.0 Å². The molecule has 0 aromatic carbocycles. The third-order valence-corrected chi connectivity index (χ3v) is 4.32. The van der Waals surface area contributed by atoms with E-state index in [4.69, 9.17) is 15.2 Å². The van der Waals surface area contributed by atoms with Crippen LogP contribution in [0.4, 0.5) is 11.8 Å². The summed E-state index contributed by atoms with van der Waals surface area (Å²) < 4.78 is 13.0. The summed E-state index contributed by atoms with van der Waals surface area (Å²) in [5, 5.41) is 3.14. The molecule has 0 radical (unpaired) electrons. The molecule has 8 nitrogen and oxygen atoms in total. The first kappa shape index (κ1) is 15.4. The van der Waals surface area contributed by atoms with Crippen molar-refractivity contribution in [2.24, 2.45) is 0 Å². The number of alkyl halides is 1. The molecule has 0 saturated carbocycles. The molecule has 1 aliphatic heterocycles. The topological polar surface area (TPSA) is 100 Å². The molecule has 0 spiro atoms. The smallest absolute Gasteiger partial charge is 0.207 e. The summed E-state index contributed by atoms with van der Waals surface area (Å²) in [6.07, 6.45) is 4.48. The maximum Gasteiger partial charge on any atom is 0.207 e. The maximum absolute atomic E-state index is 5.92. The Labute approximate surface area is 136 Å². The fourth-order valence-corrected chi connectivity index (χ4v) is 2.67. The van der Waals surface area contributed by atoms with Gasteiger partial charge in [-0.05, 0) is 19.3 Å². The number of ether oxygens (including phenoxy) is 2. The summed E-state index contributed by atoms with van der Waals surface area (Å²) in [7, 11) is 1.64. The second kappa shape index (κ2) is 6.76. The monoisotopic (exact) mass is 370 g/mol. The van der Waals surface area contributed by atoms with Crippen LogP contribution in [0.2, 0.25) is 0 Å². The number of fused-ring (bicyclic) bond motifs is 1. The number of aromatic nitrogens is 4. The number of anilines is 2. The highest BCUT2D eigenvalue weighted by atomic mass is 79.9. The lowest BCUT2D eigenvalue weighted by molar-refractivity contribution is -0.0285. The average molecular weight is 371 g/mol. The normalized spacial score (nSPS) is 20.2. The van der Waals surface area contributed by atoms with Crippen LogP contribution in [-0.2, 0) is 9.47 Å². The highest BCUT2D eigenvalue weighted by Gasteiger charge is 2.24. The van der Waals surface area contributed by atoms with Crippen molar-refractivity contribution in [1.82, 2.24) is 19.5 Å². The summed E-state index contributed by atoms with van der Waals surface area (Å²) in [5.74, 6) is 1.03. The molecule has 3 N–H and O–H groups in total. The molecule has 120 valence electrons. The van der Waals surface area contributed by atoms with Gasteiger partial charge in [0.2, 0.25) is 5.95 Å². The second-order valence-electron chi connectivity index (χ2n) is 5.08. The van der Waals surface area contributed by atoms with E-state index in [1.165, 1.54) is 6.33 Å². The van der Waals surface area contributed by atoms with E-state index in [2.05, 4.69) is 36.2 Å². The second-order valence-corrected chi connectivity index (χ2v) is 6.11. The van der Waals surface area contributed by atoms with Crippen LogP contribution < -0.4 is 11.1 Å². The largest absolute Gasteiger partial charge is 0.382 e. The van der Waals surface area contributed by atoms with Crippen molar-refractivity contribution in [2.45, 2.75) is 30.5 Å². The van der Waals surface area contributed by atoms with Gasteiger partial charge < -0.3 is 20.5 Å². The van der Waals surface area contributed by atoms with Crippen molar-refractivity contribution >= 4 is 38.9 Å². The van der Waals surface area contributed by atoms with Crippen LogP contribution in [0.15, 0.2) is 6.33 Å². The lowest BCUT2D eigenvalue weighted by Gasteiger charge is -2.25. The molecule has 1 saturated heterocycles. The van der Waals surface area contributed by atoms with Crippen molar-refractivity contribution < 1.29 is 9.47 Å². The van der Waals surface area contributed by atoms with Crippen molar-refractivity contribution in [3.05, 3.63) is 6.33 Å². The Morgan fingerprint density at radius 2 is 2.41 bits per heavy atom. The van der Waals surface area contributed by atoms with Gasteiger partial charge in [-0.2, -0.15) is 0 Å². The zero-order valence-corrected chi connectivity index (χ0v) is 13.9. The van der Waals surface area contributed by atoms with Gasteiger partial charge >= 0.3 is 0 Å². The Bertz CT molecular complexity index is 643. The SMILES string of the molecule is COC(Br)CNc1nc2c(N)ncnc2n1C1CCCCO1. The fourth-order valence-electron chi connectivity index (χ4n) is 2.51. The molecular weight excluding hydrogens is 352 g/mol. The zero-order chi connectivity index (χ0) is 15.5. The molecule has 0 amide bonds. The predicted octanol–water partition coefficient (Wildman–Crippen LogP) is 1.89. The van der Waals surface area contributed by atoms with Crippen LogP contribution in [0, 0.1) is 0 Å². The molecule has 1 aliphatic rings. The third kappa shape index (κ3) is 3.01. The van der Waals surface area contributed by atoms with E-state index in [0.717, 1.165) is 25.9 Å². The number of nitrogens with one attached hydrogen (secondary N) is 1. The minimum absolute atomic E-state index is 0.0909. The molecule has 9 heteroatoms. The van der Waals surface area contributed by atoms with E-state index in [1.807, 2.05) is 4.57 Å². The molecule has 2 aromatic heterocycles. The number of hydrogen-bond acceptors (Lipinski definition) is 7. The molecule has 0 aliphatic carbocycles. The number of rotatable bonds is 5. The van der Waals surface area contributed by atoms with Crippen molar-refractivity contribution in [1.29, 1.82) is 0 Å². The molecule has 2 atom stereocenters. The van der Waals surface area contributed by atoms with Gasteiger partial charge in [0, 0.05) is 13.7 Å². The summed E-state index contributed by atoms with van der Waals surface area (Å²) >= 11 is 3.41. The lowest BCUT2D eigenvalue weighted by atomic mass is 10.2. The first-order valence-corrected chi connectivity index (χ1v) is 8.13. The van der Waals surface area contributed by atoms with Crippen LogP contribution in [0.5, 0.6) is 0 Å². The van der Waals surface area contributed by atoms with E-state index < -0.39 is 0 Å². The predicted molar refractivity (Wildman–Crippen MR) is 86.8 cm³/mol. The van der Waals surface area contributed by atoms with Crippen LogP contribution in [-0.4, -0.2) is 44.8 Å². The highest BCUT2D eigenvalue weighted by molar-refractivity contribution is 9.09. The van der Waals surface area contributed by atoms with Gasteiger partial charge in [-0.15, -0.1) is 0 Å². The summed E-state index contributed by atoms with van der Waals surface area (Å²) in [5.41, 5.74) is 7.19. The molecular formula is C13H19BrN6O2. The van der Waals surface area contributed by atoms with E-state index >= 15 is 0 Å². The number of halogens is 1. The number of nitrogens with two attached hydrogens (primary N) is 1. The van der Waals surface area contributed by atoms with Gasteiger partial charge in [0.05, 0.1) is 6.54 Å². The number of nitrogen functional groups attached to an aromatic ring is 1. The Kier molecular flexibility index (Phi) is 4.74. The Balaban J connectivity index is 1.99. The highest BCUT2D eigenvalue weighted by Crippen LogP contribution is 2.31.